The Kier molecular flexibility index (Phi) is 3.84. The lowest BCUT2D eigenvalue weighted by atomic mass is 10.2. The normalized spacial score (nSPS) is 12.1. The maximum Gasteiger partial charge on any atom is 0.208 e. The highest BCUT2D eigenvalue weighted by molar-refractivity contribution is 7.15. The monoisotopic (exact) mass is 210 g/mol. The number of hydrogen-bond donors (Lipinski definition) is 0. The first kappa shape index (κ1) is 10.9. The van der Waals surface area contributed by atoms with Gasteiger partial charge in [-0.1, -0.05) is 11.3 Å². The molecule has 1 aromatic rings. The summed E-state index contributed by atoms with van der Waals surface area (Å²) in [5.41, 5.74) is 0. The van der Waals surface area contributed by atoms with Gasteiger partial charge in [-0.25, -0.2) is 0 Å². The van der Waals surface area contributed by atoms with Crippen LogP contribution in [-0.2, 0) is 0 Å². The molecule has 1 unspecified atom stereocenters. The molecule has 0 aliphatic heterocycles. The third-order valence-corrected chi connectivity index (χ3v) is 2.78. The molecule has 0 saturated heterocycles. The van der Waals surface area contributed by atoms with E-state index in [0.717, 1.165) is 23.2 Å². The molecule has 1 rings (SSSR count). The molecule has 0 spiro atoms. The minimum Gasteiger partial charge on any atom is -0.346 e. The van der Waals surface area contributed by atoms with Crippen molar-refractivity contribution < 1.29 is 0 Å². The summed E-state index contributed by atoms with van der Waals surface area (Å²) in [5.74, 6) is 0.0270. The fourth-order valence-electron chi connectivity index (χ4n) is 1.13. The maximum absolute atomic E-state index is 8.72. The lowest BCUT2D eigenvalue weighted by molar-refractivity contribution is 0.681. The van der Waals surface area contributed by atoms with Crippen molar-refractivity contribution in [3.63, 3.8) is 0 Å². The van der Waals surface area contributed by atoms with E-state index in [1.165, 1.54) is 0 Å². The predicted molar refractivity (Wildman–Crippen MR) is 57.3 cm³/mol. The van der Waals surface area contributed by atoms with Crippen molar-refractivity contribution in [1.29, 1.82) is 5.26 Å². The Morgan fingerprint density at radius 2 is 2.29 bits per heavy atom. The van der Waals surface area contributed by atoms with Crippen LogP contribution in [0.2, 0.25) is 0 Å². The van der Waals surface area contributed by atoms with Gasteiger partial charge in [0.2, 0.25) is 5.13 Å². The van der Waals surface area contributed by atoms with E-state index in [0.29, 0.717) is 0 Å². The smallest absolute Gasteiger partial charge is 0.208 e. The Morgan fingerprint density at radius 1 is 1.57 bits per heavy atom. The van der Waals surface area contributed by atoms with Gasteiger partial charge < -0.3 is 4.90 Å². The quantitative estimate of drug-likeness (QED) is 0.760. The van der Waals surface area contributed by atoms with Crippen LogP contribution in [0.1, 0.15) is 18.9 Å². The van der Waals surface area contributed by atoms with Crippen LogP contribution in [0.15, 0.2) is 0 Å². The fourth-order valence-corrected chi connectivity index (χ4v) is 1.89. The topological polar surface area (TPSA) is 52.8 Å². The summed E-state index contributed by atoms with van der Waals surface area (Å²) in [5, 5.41) is 18.6. The summed E-state index contributed by atoms with van der Waals surface area (Å²) < 4.78 is 0. The minimum atomic E-state index is 0.0270. The summed E-state index contributed by atoms with van der Waals surface area (Å²) in [6.07, 6.45) is 0. The average Bonchev–Trinajstić information content (AvgIpc) is 2.60. The predicted octanol–water partition coefficient (Wildman–Crippen LogP) is 1.83. The molecule has 1 atom stereocenters. The van der Waals surface area contributed by atoms with Crippen LogP contribution in [0.25, 0.3) is 0 Å². The Morgan fingerprint density at radius 3 is 2.71 bits per heavy atom. The molecule has 0 N–H and O–H groups in total. The summed E-state index contributed by atoms with van der Waals surface area (Å²) >= 11 is 1.57. The van der Waals surface area contributed by atoms with Crippen molar-refractivity contribution in [3.8, 4) is 6.07 Å². The van der Waals surface area contributed by atoms with Crippen LogP contribution in [0.4, 0.5) is 5.13 Å². The number of hydrogen-bond acceptors (Lipinski definition) is 5. The standard InChI is InChI=1S/C9H14N4S/c1-4-13(6-7(2)5-10)9-12-11-8(3)14-9/h7H,4,6H2,1-3H3. The van der Waals surface area contributed by atoms with Crippen LogP contribution >= 0.6 is 11.3 Å². The number of rotatable bonds is 4. The molecule has 0 aliphatic carbocycles. The van der Waals surface area contributed by atoms with Gasteiger partial charge in [0.1, 0.15) is 5.01 Å². The van der Waals surface area contributed by atoms with Crippen molar-refractivity contribution in [2.75, 3.05) is 18.0 Å². The van der Waals surface area contributed by atoms with Crippen LogP contribution in [0, 0.1) is 24.2 Å². The SMILES string of the molecule is CCN(CC(C)C#N)c1nnc(C)s1. The van der Waals surface area contributed by atoms with Crippen LogP contribution in [-0.4, -0.2) is 23.3 Å². The van der Waals surface area contributed by atoms with Gasteiger partial charge in [-0.15, -0.1) is 10.2 Å². The number of nitriles is 1. The van der Waals surface area contributed by atoms with Gasteiger partial charge >= 0.3 is 0 Å². The highest BCUT2D eigenvalue weighted by Gasteiger charge is 2.12. The number of nitrogens with zero attached hydrogens (tertiary/aromatic N) is 4. The number of anilines is 1. The molecular formula is C9H14N4S. The van der Waals surface area contributed by atoms with Crippen molar-refractivity contribution in [1.82, 2.24) is 10.2 Å². The largest absolute Gasteiger partial charge is 0.346 e. The van der Waals surface area contributed by atoms with Crippen LogP contribution < -0.4 is 4.90 Å². The number of aromatic nitrogens is 2. The molecule has 4 nitrogen and oxygen atoms in total. The minimum absolute atomic E-state index is 0.0270. The molecule has 1 heterocycles. The van der Waals surface area contributed by atoms with E-state index in [1.807, 2.05) is 13.8 Å². The second-order valence-corrected chi connectivity index (χ2v) is 4.33. The lowest BCUT2D eigenvalue weighted by Crippen LogP contribution is -2.27. The second kappa shape index (κ2) is 4.91. The lowest BCUT2D eigenvalue weighted by Gasteiger charge is -2.19. The molecule has 0 aliphatic rings. The van der Waals surface area contributed by atoms with Crippen molar-refractivity contribution in [3.05, 3.63) is 5.01 Å². The van der Waals surface area contributed by atoms with Gasteiger partial charge in [-0.3, -0.25) is 0 Å². The first-order valence-electron chi connectivity index (χ1n) is 4.62. The first-order chi connectivity index (χ1) is 6.67. The molecule has 1 aromatic heterocycles. The molecule has 0 fully saturated rings. The first-order valence-corrected chi connectivity index (χ1v) is 5.43. The fraction of sp³-hybridized carbons (Fsp3) is 0.667. The third kappa shape index (κ3) is 2.67. The summed E-state index contributed by atoms with van der Waals surface area (Å²) in [6.45, 7) is 7.49. The van der Waals surface area contributed by atoms with Gasteiger partial charge in [-0.05, 0) is 20.8 Å². The van der Waals surface area contributed by atoms with E-state index < -0.39 is 0 Å². The van der Waals surface area contributed by atoms with Crippen molar-refractivity contribution in [2.24, 2.45) is 5.92 Å². The Hall–Kier alpha value is -1.15. The zero-order valence-electron chi connectivity index (χ0n) is 8.69. The second-order valence-electron chi connectivity index (χ2n) is 3.17. The zero-order chi connectivity index (χ0) is 10.6. The molecule has 76 valence electrons. The van der Waals surface area contributed by atoms with E-state index in [9.17, 15) is 0 Å². The summed E-state index contributed by atoms with van der Waals surface area (Å²) in [7, 11) is 0. The molecular weight excluding hydrogens is 196 g/mol. The molecule has 0 saturated carbocycles. The molecule has 0 radical (unpaired) electrons. The Bertz CT molecular complexity index is 328. The molecule has 0 bridgehead atoms. The van der Waals surface area contributed by atoms with E-state index in [2.05, 4.69) is 28.1 Å². The number of aryl methyl sites for hydroxylation is 1. The molecule has 0 amide bonds. The van der Waals surface area contributed by atoms with Crippen molar-refractivity contribution >= 4 is 16.5 Å². The van der Waals surface area contributed by atoms with E-state index in [1.54, 1.807) is 11.3 Å². The molecule has 5 heteroatoms. The highest BCUT2D eigenvalue weighted by Crippen LogP contribution is 2.19. The van der Waals surface area contributed by atoms with Gasteiger partial charge in [0.05, 0.1) is 12.0 Å². The summed E-state index contributed by atoms with van der Waals surface area (Å²) in [6, 6.07) is 2.22. The van der Waals surface area contributed by atoms with E-state index in [4.69, 9.17) is 5.26 Å². The van der Waals surface area contributed by atoms with Gasteiger partial charge in [0.25, 0.3) is 0 Å². The zero-order valence-corrected chi connectivity index (χ0v) is 9.51. The Balaban J connectivity index is 2.68. The van der Waals surface area contributed by atoms with Gasteiger partial charge in [-0.2, -0.15) is 5.26 Å². The maximum atomic E-state index is 8.72. The summed E-state index contributed by atoms with van der Waals surface area (Å²) in [4.78, 5) is 2.08. The molecule has 14 heavy (non-hydrogen) atoms. The van der Waals surface area contributed by atoms with Gasteiger partial charge in [0, 0.05) is 13.1 Å². The van der Waals surface area contributed by atoms with Crippen LogP contribution in [0.5, 0.6) is 0 Å². The van der Waals surface area contributed by atoms with E-state index >= 15 is 0 Å². The molecule has 0 aromatic carbocycles. The highest BCUT2D eigenvalue weighted by atomic mass is 32.1. The average molecular weight is 210 g/mol. The third-order valence-electron chi connectivity index (χ3n) is 1.88. The van der Waals surface area contributed by atoms with E-state index in [-0.39, 0.29) is 5.92 Å². The Labute approximate surface area is 88.2 Å². The van der Waals surface area contributed by atoms with Crippen molar-refractivity contribution in [2.45, 2.75) is 20.8 Å². The van der Waals surface area contributed by atoms with Gasteiger partial charge in [0.15, 0.2) is 0 Å². The van der Waals surface area contributed by atoms with Crippen LogP contribution in [0.3, 0.4) is 0 Å².